The van der Waals surface area contributed by atoms with Crippen LogP contribution in [0, 0.1) is 0 Å². The first-order valence-corrected chi connectivity index (χ1v) is 15.1. The van der Waals surface area contributed by atoms with Gasteiger partial charge < -0.3 is 29.7 Å². The molecule has 0 saturated carbocycles. The highest BCUT2D eigenvalue weighted by Crippen LogP contribution is 2.49. The molecule has 1 fully saturated rings. The minimum atomic E-state index is -4.38. The van der Waals surface area contributed by atoms with Crippen molar-refractivity contribution in [3.8, 4) is 5.75 Å². The number of halogens is 2. The lowest BCUT2D eigenvalue weighted by molar-refractivity contribution is -0.149. The second-order valence-corrected chi connectivity index (χ2v) is 12.2. The van der Waals surface area contributed by atoms with E-state index in [1.807, 2.05) is 0 Å². The predicted octanol–water partition coefficient (Wildman–Crippen LogP) is 2.81. The largest absolute Gasteiger partial charge is 0.462 e. The van der Waals surface area contributed by atoms with Gasteiger partial charge in [-0.1, -0.05) is 18.2 Å². The molecule has 1 unspecified atom stereocenters. The van der Waals surface area contributed by atoms with E-state index >= 15 is 4.39 Å². The van der Waals surface area contributed by atoms with Crippen molar-refractivity contribution in [1.29, 1.82) is 0 Å². The van der Waals surface area contributed by atoms with Crippen molar-refractivity contribution < 1.29 is 37.4 Å². The third-order valence-electron chi connectivity index (χ3n) is 6.32. The molecule has 6 atom stereocenters. The summed E-state index contributed by atoms with van der Waals surface area (Å²) < 4.78 is 53.4. The number of aromatic nitrogens is 4. The summed E-state index contributed by atoms with van der Waals surface area (Å²) in [4.78, 5) is 26.8. The Hall–Kier alpha value is -3.07. The second-order valence-electron chi connectivity index (χ2n) is 10.2. The summed E-state index contributed by atoms with van der Waals surface area (Å²) in [6.07, 6.45) is -4.47. The van der Waals surface area contributed by atoms with Crippen LogP contribution in [0.3, 0.4) is 0 Å². The monoisotopic (exact) mass is 629 g/mol. The molecule has 0 radical (unpaired) electrons. The molecular weight excluding hydrogens is 596 g/mol. The van der Waals surface area contributed by atoms with E-state index in [9.17, 15) is 14.5 Å². The number of rotatable bonds is 12. The van der Waals surface area contributed by atoms with Crippen LogP contribution in [0.25, 0.3) is 11.2 Å². The van der Waals surface area contributed by atoms with E-state index in [0.717, 1.165) is 0 Å². The van der Waals surface area contributed by atoms with E-state index in [0.29, 0.717) is 11.3 Å². The maximum atomic E-state index is 15.7. The third kappa shape index (κ3) is 6.61. The molecule has 4 rings (SSSR count). The van der Waals surface area contributed by atoms with E-state index in [4.69, 9.17) is 35.9 Å². The van der Waals surface area contributed by atoms with Crippen LogP contribution in [0.4, 0.5) is 16.2 Å². The molecule has 1 aliphatic rings. The van der Waals surface area contributed by atoms with E-state index < -0.39 is 62.5 Å². The van der Waals surface area contributed by atoms with Crippen LogP contribution < -0.4 is 20.2 Å². The number of aliphatic hydroxyl groups is 1. The molecule has 1 saturated heterocycles. The molecule has 17 heteroatoms. The Morgan fingerprint density at radius 3 is 2.62 bits per heavy atom. The fraction of sp³-hybridized carbons (Fsp3) is 0.520. The van der Waals surface area contributed by atoms with Crippen LogP contribution in [0.15, 0.2) is 36.7 Å². The number of hydrogen-bond acceptors (Lipinski definition) is 12. The van der Waals surface area contributed by atoms with E-state index in [1.165, 1.54) is 30.0 Å². The molecule has 0 aliphatic carbocycles. The first kappa shape index (κ1) is 31.9. The Balaban J connectivity index is 1.62. The van der Waals surface area contributed by atoms with Crippen molar-refractivity contribution in [2.75, 3.05) is 37.2 Å². The van der Waals surface area contributed by atoms with Gasteiger partial charge in [0.05, 0.1) is 24.9 Å². The maximum absolute atomic E-state index is 15.7. The van der Waals surface area contributed by atoms with Crippen molar-refractivity contribution >= 4 is 48.2 Å². The third-order valence-corrected chi connectivity index (χ3v) is 8.39. The van der Waals surface area contributed by atoms with Gasteiger partial charge in [-0.2, -0.15) is 15.1 Å². The fourth-order valence-electron chi connectivity index (χ4n) is 4.24. The predicted molar refractivity (Wildman–Crippen MR) is 153 cm³/mol. The SMILES string of the molecule is CC(C)OC(=O)[C@H](C)NP(=O)(OC[C@@]1(CCl)O[C@@H](n2cnc3c(N(C)C)nc(N)nc32)[C@H](F)[C@@H]1O)Oc1ccccc1. The van der Waals surface area contributed by atoms with Crippen LogP contribution in [0.2, 0.25) is 0 Å². The molecule has 2 aromatic heterocycles. The van der Waals surface area contributed by atoms with Crippen LogP contribution >= 0.6 is 19.3 Å². The number of nitrogens with one attached hydrogen (secondary N) is 1. The average Bonchev–Trinajstić information content (AvgIpc) is 3.45. The summed E-state index contributed by atoms with van der Waals surface area (Å²) >= 11 is 6.23. The molecule has 14 nitrogen and oxygen atoms in total. The van der Waals surface area contributed by atoms with Gasteiger partial charge in [0, 0.05) is 14.1 Å². The van der Waals surface area contributed by atoms with Gasteiger partial charge in [-0.15, -0.1) is 11.6 Å². The zero-order chi connectivity index (χ0) is 30.8. The number of nitrogen functional groups attached to an aromatic ring is 1. The number of esters is 1. The molecule has 4 N–H and O–H groups in total. The van der Waals surface area contributed by atoms with Crippen molar-refractivity contribution in [1.82, 2.24) is 24.6 Å². The first-order valence-electron chi connectivity index (χ1n) is 13.0. The number of hydrogen-bond donors (Lipinski definition) is 3. The first-order chi connectivity index (χ1) is 19.8. The molecule has 230 valence electrons. The zero-order valence-electron chi connectivity index (χ0n) is 23.7. The van der Waals surface area contributed by atoms with Gasteiger partial charge in [0.25, 0.3) is 0 Å². The summed E-state index contributed by atoms with van der Waals surface area (Å²) in [5.41, 5.74) is 4.47. The molecule has 3 aromatic rings. The Labute approximate surface area is 246 Å². The smallest absolute Gasteiger partial charge is 0.459 e. The number of benzene rings is 1. The summed E-state index contributed by atoms with van der Waals surface area (Å²) in [5.74, 6) is -0.695. The quantitative estimate of drug-likeness (QED) is 0.152. The van der Waals surface area contributed by atoms with Crippen molar-refractivity contribution in [2.24, 2.45) is 0 Å². The highest BCUT2D eigenvalue weighted by molar-refractivity contribution is 7.52. The van der Waals surface area contributed by atoms with Crippen LogP contribution in [-0.4, -0.2) is 87.2 Å². The van der Waals surface area contributed by atoms with Gasteiger partial charge in [0.1, 0.15) is 23.5 Å². The lowest BCUT2D eigenvalue weighted by atomic mass is 9.99. The molecule has 3 heterocycles. The lowest BCUT2D eigenvalue weighted by Crippen LogP contribution is -2.48. The number of ether oxygens (including phenoxy) is 2. The van der Waals surface area contributed by atoms with Gasteiger partial charge in [-0.3, -0.25) is 13.9 Å². The Bertz CT molecular complexity index is 1450. The fourth-order valence-corrected chi connectivity index (χ4v) is 6.09. The maximum Gasteiger partial charge on any atom is 0.459 e. The summed E-state index contributed by atoms with van der Waals surface area (Å²) in [6.45, 7) is 4.06. The number of aliphatic hydroxyl groups excluding tert-OH is 1. The number of alkyl halides is 2. The molecule has 0 amide bonds. The number of carbonyl (C=O) groups excluding carboxylic acids is 1. The summed E-state index contributed by atoms with van der Waals surface area (Å²) in [6, 6.07) is 6.94. The zero-order valence-corrected chi connectivity index (χ0v) is 25.3. The standard InChI is InChI=1S/C25H34ClFN7O7P/c1-14(2)39-23(36)15(3)32-42(37,41-16-9-7-6-8-10-16)38-12-25(11-26)19(35)17(27)22(40-25)34-13-29-18-20(33(4)5)30-24(28)31-21(18)34/h6-10,13-15,17,19,22,35H,11-12H2,1-5H3,(H,32,37)(H2,28,30,31)/t15-,17+,19-,22+,25+,42?/m0/s1. The normalized spacial score (nSPS) is 24.5. The van der Waals surface area contributed by atoms with Gasteiger partial charge >= 0.3 is 13.7 Å². The van der Waals surface area contributed by atoms with Crippen LogP contribution in [-0.2, 0) is 23.4 Å². The number of para-hydroxylation sites is 1. The number of anilines is 2. The minimum absolute atomic E-state index is 0.0796. The molecule has 1 aliphatic heterocycles. The Kier molecular flexibility index (Phi) is 9.60. The summed E-state index contributed by atoms with van der Waals surface area (Å²) in [5, 5.41) is 13.5. The average molecular weight is 630 g/mol. The number of nitrogens with two attached hydrogens (primary N) is 1. The lowest BCUT2D eigenvalue weighted by Gasteiger charge is -2.31. The Morgan fingerprint density at radius 1 is 1.31 bits per heavy atom. The Morgan fingerprint density at radius 2 is 2.00 bits per heavy atom. The van der Waals surface area contributed by atoms with Gasteiger partial charge in [0.15, 0.2) is 29.4 Å². The van der Waals surface area contributed by atoms with E-state index in [1.54, 1.807) is 51.0 Å². The molecule has 42 heavy (non-hydrogen) atoms. The van der Waals surface area contributed by atoms with Gasteiger partial charge in [0.2, 0.25) is 5.95 Å². The topological polar surface area (TPSA) is 176 Å². The van der Waals surface area contributed by atoms with Gasteiger partial charge in [-0.05, 0) is 32.9 Å². The molecular formula is C25H34ClFN7O7P. The number of nitrogens with zero attached hydrogens (tertiary/aromatic N) is 5. The second kappa shape index (κ2) is 12.7. The molecule has 1 aromatic carbocycles. The summed E-state index contributed by atoms with van der Waals surface area (Å²) in [7, 11) is -0.911. The van der Waals surface area contributed by atoms with Crippen LogP contribution in [0.1, 0.15) is 27.0 Å². The number of imidazole rings is 1. The highest BCUT2D eigenvalue weighted by atomic mass is 35.5. The van der Waals surface area contributed by atoms with Crippen molar-refractivity contribution in [3.05, 3.63) is 36.7 Å². The highest BCUT2D eigenvalue weighted by Gasteiger charge is 2.57. The molecule has 0 bridgehead atoms. The minimum Gasteiger partial charge on any atom is -0.462 e. The van der Waals surface area contributed by atoms with Crippen LogP contribution in [0.5, 0.6) is 5.75 Å². The van der Waals surface area contributed by atoms with E-state index in [2.05, 4.69) is 20.0 Å². The van der Waals surface area contributed by atoms with Gasteiger partial charge in [-0.25, -0.2) is 13.9 Å². The van der Waals surface area contributed by atoms with Crippen molar-refractivity contribution in [2.45, 2.75) is 57.0 Å². The van der Waals surface area contributed by atoms with E-state index in [-0.39, 0.29) is 17.3 Å². The molecule has 0 spiro atoms. The number of carbonyl (C=O) groups is 1. The van der Waals surface area contributed by atoms with Crippen molar-refractivity contribution in [3.63, 3.8) is 0 Å². The number of fused-ring (bicyclic) bond motifs is 1.